The highest BCUT2D eigenvalue weighted by atomic mass is 35.5. The lowest BCUT2D eigenvalue weighted by atomic mass is 10.1. The summed E-state index contributed by atoms with van der Waals surface area (Å²) in [6, 6.07) is 1.13. The Bertz CT molecular complexity index is 628. The van der Waals surface area contributed by atoms with E-state index in [0.29, 0.717) is 22.2 Å². The van der Waals surface area contributed by atoms with Crippen molar-refractivity contribution in [1.82, 2.24) is 14.7 Å². The second-order valence-corrected chi connectivity index (χ2v) is 6.20. The molecule has 2 heterocycles. The zero-order valence-corrected chi connectivity index (χ0v) is 13.5. The third kappa shape index (κ3) is 4.38. The van der Waals surface area contributed by atoms with E-state index in [1.807, 2.05) is 13.0 Å². The monoisotopic (exact) mass is 345 g/mol. The van der Waals surface area contributed by atoms with Crippen molar-refractivity contribution < 1.29 is 9.90 Å². The Hall–Kier alpha value is -1.21. The number of carboxylic acid groups (broad SMARTS) is 1. The van der Waals surface area contributed by atoms with Gasteiger partial charge in [0, 0.05) is 30.2 Å². The van der Waals surface area contributed by atoms with Gasteiger partial charge in [-0.25, -0.2) is 0 Å². The molecule has 8 heteroatoms. The maximum Gasteiger partial charge on any atom is 0.321 e. The van der Waals surface area contributed by atoms with Gasteiger partial charge in [0.25, 0.3) is 0 Å². The zero-order valence-electron chi connectivity index (χ0n) is 11.1. The van der Waals surface area contributed by atoms with E-state index in [1.165, 1.54) is 23.9 Å². The average Bonchev–Trinajstić information content (AvgIpc) is 2.83. The van der Waals surface area contributed by atoms with Crippen molar-refractivity contribution in [3.63, 3.8) is 0 Å². The summed E-state index contributed by atoms with van der Waals surface area (Å²) in [5.74, 6) is -0.958. The van der Waals surface area contributed by atoms with E-state index in [1.54, 1.807) is 0 Å². The molecule has 5 nitrogen and oxygen atoms in total. The highest BCUT2D eigenvalue weighted by Crippen LogP contribution is 2.24. The fourth-order valence-electron chi connectivity index (χ4n) is 1.81. The second-order valence-electron chi connectivity index (χ2n) is 4.49. The Morgan fingerprint density at radius 3 is 2.62 bits per heavy atom. The maximum atomic E-state index is 11.4. The molecule has 0 spiro atoms. The molecule has 0 bridgehead atoms. The van der Waals surface area contributed by atoms with Crippen molar-refractivity contribution in [2.24, 2.45) is 0 Å². The minimum absolute atomic E-state index is 0.188. The molecule has 1 unspecified atom stereocenters. The first-order valence-electron chi connectivity index (χ1n) is 6.13. The Labute approximate surface area is 136 Å². The first-order valence-corrected chi connectivity index (χ1v) is 7.66. The molecule has 2 aromatic heterocycles. The molecule has 2 N–H and O–H groups in total. The highest BCUT2D eigenvalue weighted by Gasteiger charge is 2.20. The van der Waals surface area contributed by atoms with Gasteiger partial charge in [0.1, 0.15) is 6.04 Å². The van der Waals surface area contributed by atoms with E-state index in [9.17, 15) is 9.90 Å². The van der Waals surface area contributed by atoms with Crippen LogP contribution < -0.4 is 5.32 Å². The van der Waals surface area contributed by atoms with Gasteiger partial charge in [-0.3, -0.25) is 15.1 Å². The number of nitrogens with zero attached hydrogens (tertiary/aromatic N) is 2. The van der Waals surface area contributed by atoms with Gasteiger partial charge in [-0.1, -0.05) is 23.2 Å². The Morgan fingerprint density at radius 2 is 2.10 bits per heavy atom. The third-order valence-corrected chi connectivity index (χ3v) is 4.39. The van der Waals surface area contributed by atoms with E-state index >= 15 is 0 Å². The van der Waals surface area contributed by atoms with Gasteiger partial charge in [0.15, 0.2) is 0 Å². The van der Waals surface area contributed by atoms with Gasteiger partial charge in [0.2, 0.25) is 0 Å². The molecule has 1 atom stereocenters. The summed E-state index contributed by atoms with van der Waals surface area (Å²) in [7, 11) is 0. The Morgan fingerprint density at radius 1 is 1.43 bits per heavy atom. The largest absolute Gasteiger partial charge is 0.480 e. The normalized spacial score (nSPS) is 12.3. The number of nitrogens with one attached hydrogen (secondary N) is 1. The van der Waals surface area contributed by atoms with Crippen LogP contribution in [0.2, 0.25) is 10.0 Å². The summed E-state index contributed by atoms with van der Waals surface area (Å²) >= 11 is 13.4. The molecule has 0 saturated carbocycles. The number of hydrogen-bond donors (Lipinski definition) is 2. The molecular weight excluding hydrogens is 333 g/mol. The number of pyridine rings is 1. The van der Waals surface area contributed by atoms with E-state index < -0.39 is 12.0 Å². The van der Waals surface area contributed by atoms with Crippen molar-refractivity contribution in [2.75, 3.05) is 0 Å². The van der Waals surface area contributed by atoms with E-state index in [2.05, 4.69) is 14.7 Å². The van der Waals surface area contributed by atoms with Crippen LogP contribution in [0.4, 0.5) is 0 Å². The van der Waals surface area contributed by atoms with E-state index in [-0.39, 0.29) is 6.42 Å². The Balaban J connectivity index is 2.07. The molecular formula is C13H13Cl2N3O2S. The maximum absolute atomic E-state index is 11.4. The predicted octanol–water partition coefficient (Wildman–Crippen LogP) is 2.94. The molecule has 21 heavy (non-hydrogen) atoms. The van der Waals surface area contributed by atoms with E-state index in [0.717, 1.165) is 10.6 Å². The second kappa shape index (κ2) is 7.17. The fourth-order valence-corrected chi connectivity index (χ4v) is 3.01. The first-order chi connectivity index (χ1) is 9.97. The van der Waals surface area contributed by atoms with Crippen LogP contribution in [0.15, 0.2) is 18.5 Å². The molecule has 0 saturated heterocycles. The average molecular weight is 346 g/mol. The number of aliphatic carboxylic acids is 1. The van der Waals surface area contributed by atoms with Gasteiger partial charge in [-0.15, -0.1) is 0 Å². The minimum atomic E-state index is -0.958. The molecule has 0 aliphatic carbocycles. The molecule has 112 valence electrons. The number of halogens is 2. The van der Waals surface area contributed by atoms with Crippen LogP contribution in [0.25, 0.3) is 0 Å². The van der Waals surface area contributed by atoms with Gasteiger partial charge >= 0.3 is 5.97 Å². The molecule has 0 fully saturated rings. The van der Waals surface area contributed by atoms with Crippen molar-refractivity contribution in [1.29, 1.82) is 0 Å². The SMILES string of the molecule is Cc1cc(CNC(Cc2c(Cl)cncc2Cl)C(=O)O)sn1. The summed E-state index contributed by atoms with van der Waals surface area (Å²) in [6.07, 6.45) is 3.09. The van der Waals surface area contributed by atoms with Crippen LogP contribution in [-0.4, -0.2) is 26.5 Å². The standard InChI is InChI=1S/C13H13Cl2N3O2S/c1-7-2-8(21-18-7)4-17-12(13(19)20)3-9-10(14)5-16-6-11(9)15/h2,5-6,12,17H,3-4H2,1H3,(H,19,20). The smallest absolute Gasteiger partial charge is 0.321 e. The molecule has 0 aromatic carbocycles. The lowest BCUT2D eigenvalue weighted by molar-refractivity contribution is -0.139. The molecule has 0 amide bonds. The van der Waals surface area contributed by atoms with Gasteiger partial charge in [0.05, 0.1) is 15.7 Å². The van der Waals surface area contributed by atoms with Crippen LogP contribution in [0.5, 0.6) is 0 Å². The summed E-state index contributed by atoms with van der Waals surface area (Å²) in [5.41, 5.74) is 1.50. The summed E-state index contributed by atoms with van der Waals surface area (Å²) in [5, 5.41) is 13.0. The summed E-state index contributed by atoms with van der Waals surface area (Å²) in [4.78, 5) is 16.2. The summed E-state index contributed by atoms with van der Waals surface area (Å²) < 4.78 is 4.16. The molecule has 0 radical (unpaired) electrons. The van der Waals surface area contributed by atoms with Gasteiger partial charge in [-0.05, 0) is 30.1 Å². The lowest BCUT2D eigenvalue weighted by Gasteiger charge is -2.15. The molecule has 0 aliphatic heterocycles. The number of rotatable bonds is 6. The predicted molar refractivity (Wildman–Crippen MR) is 83.1 cm³/mol. The van der Waals surface area contributed by atoms with Crippen LogP contribution in [0.1, 0.15) is 16.1 Å². The van der Waals surface area contributed by atoms with Crippen LogP contribution in [-0.2, 0) is 17.8 Å². The van der Waals surface area contributed by atoms with Crippen molar-refractivity contribution >= 4 is 40.7 Å². The number of aromatic nitrogens is 2. The fraction of sp³-hybridized carbons (Fsp3) is 0.308. The van der Waals surface area contributed by atoms with Gasteiger partial charge < -0.3 is 5.11 Å². The number of carboxylic acids is 1. The highest BCUT2D eigenvalue weighted by molar-refractivity contribution is 7.05. The molecule has 2 aromatic rings. The molecule has 0 aliphatic rings. The lowest BCUT2D eigenvalue weighted by Crippen LogP contribution is -2.38. The van der Waals surface area contributed by atoms with Crippen LogP contribution in [0, 0.1) is 6.92 Å². The number of carbonyl (C=O) groups is 1. The minimum Gasteiger partial charge on any atom is -0.480 e. The van der Waals surface area contributed by atoms with Gasteiger partial charge in [-0.2, -0.15) is 4.37 Å². The van der Waals surface area contributed by atoms with Crippen molar-refractivity contribution in [2.45, 2.75) is 25.9 Å². The topological polar surface area (TPSA) is 75.1 Å². The quantitative estimate of drug-likeness (QED) is 0.841. The van der Waals surface area contributed by atoms with Crippen LogP contribution in [0.3, 0.4) is 0 Å². The number of hydrogen-bond acceptors (Lipinski definition) is 5. The third-order valence-electron chi connectivity index (χ3n) is 2.86. The van der Waals surface area contributed by atoms with E-state index in [4.69, 9.17) is 23.2 Å². The molecule has 2 rings (SSSR count). The zero-order chi connectivity index (χ0) is 15.4. The van der Waals surface area contributed by atoms with Crippen molar-refractivity contribution in [3.05, 3.63) is 44.6 Å². The number of aryl methyl sites for hydroxylation is 1. The first kappa shape index (κ1) is 16.2. The van der Waals surface area contributed by atoms with Crippen LogP contribution >= 0.6 is 34.7 Å². The van der Waals surface area contributed by atoms with Crippen molar-refractivity contribution in [3.8, 4) is 0 Å². The summed E-state index contributed by atoms with van der Waals surface area (Å²) in [6.45, 7) is 2.33. The Kier molecular flexibility index (Phi) is 5.52.